The number of benzene rings is 2. The van der Waals surface area contributed by atoms with E-state index in [9.17, 15) is 13.4 Å². The van der Waals surface area contributed by atoms with Gasteiger partial charge in [0.1, 0.15) is 22.6 Å². The van der Waals surface area contributed by atoms with Crippen LogP contribution < -0.4 is 14.8 Å². The fraction of sp³-hybridized carbons (Fsp3) is 0.458. The summed E-state index contributed by atoms with van der Waals surface area (Å²) in [7, 11) is -1.30. The van der Waals surface area contributed by atoms with Gasteiger partial charge >= 0.3 is 0 Å². The van der Waals surface area contributed by atoms with E-state index in [-0.39, 0.29) is 29.7 Å². The lowest BCUT2D eigenvalue weighted by Crippen LogP contribution is -2.39. The van der Waals surface area contributed by atoms with Crippen molar-refractivity contribution in [2.24, 2.45) is 5.92 Å². The summed E-state index contributed by atoms with van der Waals surface area (Å²) in [5.74, 6) is 0.496. The third kappa shape index (κ3) is 6.37. The smallest absolute Gasteiger partial charge is 0.223 e. The molecule has 2 aromatic carbocycles. The standard InChI is InChI=1S/C24H31FN2O3S/c1-4-30-23-14-13-22(15-16(23)2)31(29)27-21-11-7-19(8-12-21)24(28)26-17(3)18-5-9-20(25)10-6-18/h5-6,9-10,13-15,17,19,21,27H,4,7-8,11-12H2,1-3H3,(H,26,28)/t17-,19?,21?,31?/m1/s1. The summed E-state index contributed by atoms with van der Waals surface area (Å²) in [5, 5.41) is 3.03. The molecule has 2 N–H and O–H groups in total. The summed E-state index contributed by atoms with van der Waals surface area (Å²) in [6.45, 7) is 6.39. The second-order valence-electron chi connectivity index (χ2n) is 8.08. The van der Waals surface area contributed by atoms with Crippen molar-refractivity contribution in [3.05, 3.63) is 59.4 Å². The third-order valence-electron chi connectivity index (χ3n) is 5.76. The lowest BCUT2D eigenvalue weighted by molar-refractivity contribution is -0.126. The second kappa shape index (κ2) is 10.9. The Labute approximate surface area is 186 Å². The molecule has 1 fully saturated rings. The van der Waals surface area contributed by atoms with Gasteiger partial charge in [-0.15, -0.1) is 0 Å². The number of hydrogen-bond donors (Lipinski definition) is 2. The molecule has 0 saturated heterocycles. The zero-order valence-corrected chi connectivity index (χ0v) is 19.1. The molecule has 1 aliphatic rings. The van der Waals surface area contributed by atoms with E-state index in [2.05, 4.69) is 10.0 Å². The Kier molecular flexibility index (Phi) is 8.21. The SMILES string of the molecule is CCOc1ccc(S(=O)NC2CCC(C(=O)N[C@H](C)c3ccc(F)cc3)CC2)cc1C. The Balaban J connectivity index is 1.47. The fourth-order valence-electron chi connectivity index (χ4n) is 3.91. The molecule has 0 heterocycles. The van der Waals surface area contributed by atoms with E-state index in [1.54, 1.807) is 12.1 Å². The van der Waals surface area contributed by atoms with Gasteiger partial charge in [-0.3, -0.25) is 4.79 Å². The highest BCUT2D eigenvalue weighted by molar-refractivity contribution is 7.83. The highest BCUT2D eigenvalue weighted by Crippen LogP contribution is 2.27. The maximum Gasteiger partial charge on any atom is 0.223 e. The van der Waals surface area contributed by atoms with Crippen LogP contribution in [0.5, 0.6) is 5.75 Å². The molecule has 0 aromatic heterocycles. The van der Waals surface area contributed by atoms with Crippen LogP contribution in [0.1, 0.15) is 56.7 Å². The van der Waals surface area contributed by atoms with E-state index in [0.29, 0.717) is 6.61 Å². The van der Waals surface area contributed by atoms with Gasteiger partial charge in [-0.05, 0) is 87.9 Å². The Morgan fingerprint density at radius 1 is 1.16 bits per heavy atom. The summed E-state index contributed by atoms with van der Waals surface area (Å²) >= 11 is 0. The predicted molar refractivity (Wildman–Crippen MR) is 121 cm³/mol. The molecule has 31 heavy (non-hydrogen) atoms. The van der Waals surface area contributed by atoms with E-state index in [0.717, 1.165) is 47.5 Å². The van der Waals surface area contributed by atoms with Crippen LogP contribution in [0.4, 0.5) is 4.39 Å². The molecular formula is C24H31FN2O3S. The first kappa shape index (κ1) is 23.4. The molecule has 0 spiro atoms. The van der Waals surface area contributed by atoms with Crippen LogP contribution in [0, 0.1) is 18.7 Å². The van der Waals surface area contributed by atoms with Gasteiger partial charge in [0, 0.05) is 12.0 Å². The summed E-state index contributed by atoms with van der Waals surface area (Å²) in [6, 6.07) is 11.7. The molecule has 168 valence electrons. The van der Waals surface area contributed by atoms with E-state index in [1.807, 2.05) is 39.0 Å². The zero-order chi connectivity index (χ0) is 22.4. The normalized spacial score (nSPS) is 20.6. The van der Waals surface area contributed by atoms with Crippen LogP contribution in [0.2, 0.25) is 0 Å². The zero-order valence-electron chi connectivity index (χ0n) is 18.3. The van der Waals surface area contributed by atoms with Gasteiger partial charge in [-0.1, -0.05) is 12.1 Å². The van der Waals surface area contributed by atoms with Crippen LogP contribution in [0.25, 0.3) is 0 Å². The maximum absolute atomic E-state index is 13.1. The lowest BCUT2D eigenvalue weighted by Gasteiger charge is -2.29. The van der Waals surface area contributed by atoms with Crippen LogP contribution in [0.15, 0.2) is 47.4 Å². The van der Waals surface area contributed by atoms with E-state index < -0.39 is 11.0 Å². The number of rotatable bonds is 8. The van der Waals surface area contributed by atoms with Gasteiger partial charge in [-0.25, -0.2) is 13.3 Å². The molecule has 0 radical (unpaired) electrons. The number of carbonyl (C=O) groups excluding carboxylic acids is 1. The predicted octanol–water partition coefficient (Wildman–Crippen LogP) is 4.58. The number of ether oxygens (including phenoxy) is 1. The fourth-order valence-corrected chi connectivity index (χ4v) is 5.06. The molecule has 1 aliphatic carbocycles. The van der Waals surface area contributed by atoms with Crippen molar-refractivity contribution in [3.8, 4) is 5.75 Å². The summed E-state index contributed by atoms with van der Waals surface area (Å²) in [6.07, 6.45) is 3.09. The average molecular weight is 447 g/mol. The first-order chi connectivity index (χ1) is 14.9. The highest BCUT2D eigenvalue weighted by atomic mass is 32.2. The van der Waals surface area contributed by atoms with Crippen molar-refractivity contribution in [3.63, 3.8) is 0 Å². The van der Waals surface area contributed by atoms with Crippen molar-refractivity contribution in [1.29, 1.82) is 0 Å². The molecule has 1 saturated carbocycles. The van der Waals surface area contributed by atoms with Gasteiger partial charge in [0.25, 0.3) is 0 Å². The van der Waals surface area contributed by atoms with Crippen molar-refractivity contribution in [2.45, 2.75) is 63.4 Å². The number of nitrogens with one attached hydrogen (secondary N) is 2. The number of halogens is 1. The molecule has 3 rings (SSSR count). The largest absolute Gasteiger partial charge is 0.494 e. The van der Waals surface area contributed by atoms with Gasteiger partial charge in [0.05, 0.1) is 17.5 Å². The topological polar surface area (TPSA) is 67.4 Å². The van der Waals surface area contributed by atoms with Crippen molar-refractivity contribution >= 4 is 16.9 Å². The second-order valence-corrected chi connectivity index (χ2v) is 9.32. The minimum atomic E-state index is -1.30. The minimum Gasteiger partial charge on any atom is -0.494 e. The lowest BCUT2D eigenvalue weighted by atomic mass is 9.85. The first-order valence-corrected chi connectivity index (χ1v) is 12.0. The Bertz CT molecular complexity index is 912. The van der Waals surface area contributed by atoms with Crippen LogP contribution >= 0.6 is 0 Å². The molecular weight excluding hydrogens is 415 g/mol. The van der Waals surface area contributed by atoms with E-state index in [1.165, 1.54) is 12.1 Å². The van der Waals surface area contributed by atoms with Gasteiger partial charge in [-0.2, -0.15) is 0 Å². The molecule has 1 amide bonds. The number of amides is 1. The molecule has 0 bridgehead atoms. The number of carbonyl (C=O) groups is 1. The van der Waals surface area contributed by atoms with Crippen LogP contribution in [-0.2, 0) is 15.8 Å². The Morgan fingerprint density at radius 2 is 1.84 bits per heavy atom. The Hall–Kier alpha value is -2.25. The highest BCUT2D eigenvalue weighted by Gasteiger charge is 2.28. The molecule has 5 nitrogen and oxygen atoms in total. The van der Waals surface area contributed by atoms with E-state index >= 15 is 0 Å². The van der Waals surface area contributed by atoms with Gasteiger partial charge < -0.3 is 10.1 Å². The Morgan fingerprint density at radius 3 is 2.45 bits per heavy atom. The monoisotopic (exact) mass is 446 g/mol. The minimum absolute atomic E-state index is 0.0264. The molecule has 2 aromatic rings. The molecule has 7 heteroatoms. The van der Waals surface area contributed by atoms with Crippen molar-refractivity contribution in [1.82, 2.24) is 10.0 Å². The quantitative estimate of drug-likeness (QED) is 0.624. The number of hydrogen-bond acceptors (Lipinski definition) is 3. The third-order valence-corrected chi connectivity index (χ3v) is 6.99. The van der Waals surface area contributed by atoms with Crippen molar-refractivity contribution < 1.29 is 18.1 Å². The average Bonchev–Trinajstić information content (AvgIpc) is 2.76. The molecule has 0 aliphatic heterocycles. The summed E-state index contributed by atoms with van der Waals surface area (Å²) in [5.41, 5.74) is 1.84. The van der Waals surface area contributed by atoms with Crippen molar-refractivity contribution in [2.75, 3.05) is 6.61 Å². The first-order valence-electron chi connectivity index (χ1n) is 10.8. The summed E-state index contributed by atoms with van der Waals surface area (Å²) < 4.78 is 34.6. The van der Waals surface area contributed by atoms with Crippen LogP contribution in [-0.4, -0.2) is 22.8 Å². The van der Waals surface area contributed by atoms with Crippen LogP contribution in [0.3, 0.4) is 0 Å². The number of aryl methyl sites for hydroxylation is 1. The van der Waals surface area contributed by atoms with Gasteiger partial charge in [0.2, 0.25) is 5.91 Å². The summed E-state index contributed by atoms with van der Waals surface area (Å²) in [4.78, 5) is 13.4. The van der Waals surface area contributed by atoms with Gasteiger partial charge in [0.15, 0.2) is 0 Å². The molecule has 1 unspecified atom stereocenters. The molecule has 2 atom stereocenters. The van der Waals surface area contributed by atoms with E-state index in [4.69, 9.17) is 4.74 Å². The maximum atomic E-state index is 13.1.